The monoisotopic (exact) mass is 427 g/mol. The van der Waals surface area contributed by atoms with E-state index in [2.05, 4.69) is 22.1 Å². The van der Waals surface area contributed by atoms with Crippen LogP contribution in [0.2, 0.25) is 0 Å². The highest BCUT2D eigenvalue weighted by atomic mass is 32.2. The lowest BCUT2D eigenvalue weighted by molar-refractivity contribution is -0.688. The lowest BCUT2D eigenvalue weighted by atomic mass is 10.0. The molecule has 8 heteroatoms. The van der Waals surface area contributed by atoms with Gasteiger partial charge < -0.3 is 15.0 Å². The third-order valence-corrected chi connectivity index (χ3v) is 7.95. The Morgan fingerprint density at radius 2 is 2.03 bits per heavy atom. The van der Waals surface area contributed by atoms with E-state index in [1.165, 1.54) is 3.97 Å². The molecule has 4 heterocycles. The van der Waals surface area contributed by atoms with Gasteiger partial charge in [-0.25, -0.2) is 12.4 Å². The van der Waals surface area contributed by atoms with Gasteiger partial charge >= 0.3 is 0 Å². The third kappa shape index (κ3) is 3.15. The zero-order valence-corrected chi connectivity index (χ0v) is 17.9. The van der Waals surface area contributed by atoms with Crippen LogP contribution in [0.1, 0.15) is 25.3 Å². The quantitative estimate of drug-likeness (QED) is 0.671. The fourth-order valence-electron chi connectivity index (χ4n) is 4.69. The van der Waals surface area contributed by atoms with Crippen molar-refractivity contribution in [1.29, 1.82) is 0 Å². The first kappa shape index (κ1) is 19.4. The van der Waals surface area contributed by atoms with Crippen molar-refractivity contribution in [3.05, 3.63) is 48.3 Å². The smallest absolute Gasteiger partial charge is 0.268 e. The Morgan fingerprint density at radius 3 is 2.83 bits per heavy atom. The largest absolute Gasteiger partial charge is 0.493 e. The van der Waals surface area contributed by atoms with Gasteiger partial charge in [-0.15, -0.1) is 0 Å². The summed E-state index contributed by atoms with van der Waals surface area (Å²) in [6.07, 6.45) is 6.27. The van der Waals surface area contributed by atoms with Crippen molar-refractivity contribution >= 4 is 26.7 Å². The van der Waals surface area contributed by atoms with Crippen molar-refractivity contribution in [3.8, 4) is 5.75 Å². The van der Waals surface area contributed by atoms with Gasteiger partial charge in [-0.2, -0.15) is 0 Å². The van der Waals surface area contributed by atoms with Crippen LogP contribution in [-0.4, -0.2) is 49.7 Å². The van der Waals surface area contributed by atoms with Crippen LogP contribution >= 0.6 is 0 Å². The average molecular weight is 428 g/mol. The van der Waals surface area contributed by atoms with Gasteiger partial charge in [0.1, 0.15) is 11.3 Å². The van der Waals surface area contributed by atoms with Crippen LogP contribution in [0.5, 0.6) is 5.75 Å². The lowest BCUT2D eigenvalue weighted by Gasteiger charge is -2.31. The summed E-state index contributed by atoms with van der Waals surface area (Å²) in [6, 6.07) is 9.52. The van der Waals surface area contributed by atoms with Crippen molar-refractivity contribution < 1.29 is 18.5 Å². The highest BCUT2D eigenvalue weighted by Crippen LogP contribution is 2.36. The molecule has 30 heavy (non-hydrogen) atoms. The highest BCUT2D eigenvalue weighted by Gasteiger charge is 2.30. The molecular weight excluding hydrogens is 400 g/mol. The summed E-state index contributed by atoms with van der Waals surface area (Å²) >= 11 is 0. The molecule has 1 fully saturated rings. The zero-order valence-electron chi connectivity index (χ0n) is 17.1. The summed E-state index contributed by atoms with van der Waals surface area (Å²) in [5, 5.41) is 2.39. The maximum atomic E-state index is 13.7. The fraction of sp³-hybridized carbons (Fsp3) is 0.409. The van der Waals surface area contributed by atoms with E-state index in [9.17, 15) is 8.42 Å². The van der Waals surface area contributed by atoms with E-state index in [4.69, 9.17) is 4.74 Å². The Morgan fingerprint density at radius 1 is 1.20 bits per heavy atom. The van der Waals surface area contributed by atoms with E-state index < -0.39 is 10.0 Å². The molecule has 2 N–H and O–H groups in total. The number of nitrogens with zero attached hydrogens (tertiary/aromatic N) is 3. The number of fused-ring (bicyclic) bond motifs is 2. The van der Waals surface area contributed by atoms with Gasteiger partial charge in [0.25, 0.3) is 10.0 Å². The number of piperidine rings is 1. The number of benzene rings is 1. The number of nitrogens with two attached hydrogens (primary N) is 1. The minimum atomic E-state index is -3.76. The molecule has 2 aliphatic rings. The molecule has 1 aromatic carbocycles. The van der Waals surface area contributed by atoms with E-state index >= 15 is 0 Å². The Hall–Kier alpha value is -2.58. The number of ether oxygens (including phenoxy) is 1. The Kier molecular flexibility index (Phi) is 4.91. The van der Waals surface area contributed by atoms with Crippen molar-refractivity contribution in [1.82, 2.24) is 8.96 Å². The topological polar surface area (TPSA) is 81.0 Å². The Labute approximate surface area is 176 Å². The SMILES string of the molecule is CC[NH2+]C1CCN(c2cn(S(=O)(=O)c3cccc4c3CCO4)c3cccnc23)CC1. The molecule has 0 saturated carbocycles. The summed E-state index contributed by atoms with van der Waals surface area (Å²) in [4.78, 5) is 7.15. The molecule has 3 aromatic rings. The van der Waals surface area contributed by atoms with Crippen LogP contribution in [0.3, 0.4) is 0 Å². The second-order valence-corrected chi connectivity index (χ2v) is 9.77. The molecule has 0 unspecified atom stereocenters. The van der Waals surface area contributed by atoms with Crippen molar-refractivity contribution in [2.75, 3.05) is 31.1 Å². The molecule has 5 rings (SSSR count). The number of aromatic nitrogens is 2. The molecule has 0 aliphatic carbocycles. The number of hydrogen-bond donors (Lipinski definition) is 1. The first-order chi connectivity index (χ1) is 14.6. The minimum Gasteiger partial charge on any atom is -0.493 e. The molecule has 2 aromatic heterocycles. The van der Waals surface area contributed by atoms with Gasteiger partial charge in [0, 0.05) is 50.3 Å². The van der Waals surface area contributed by atoms with E-state index in [1.54, 1.807) is 30.6 Å². The van der Waals surface area contributed by atoms with Crippen LogP contribution in [0.15, 0.2) is 47.6 Å². The van der Waals surface area contributed by atoms with Crippen LogP contribution in [-0.2, 0) is 16.4 Å². The van der Waals surface area contributed by atoms with Gasteiger partial charge in [0.05, 0.1) is 35.3 Å². The number of hydrogen-bond acceptors (Lipinski definition) is 5. The van der Waals surface area contributed by atoms with Crippen LogP contribution in [0.25, 0.3) is 11.0 Å². The number of anilines is 1. The average Bonchev–Trinajstić information content (AvgIpc) is 3.39. The van der Waals surface area contributed by atoms with E-state index in [0.717, 1.165) is 49.2 Å². The van der Waals surface area contributed by atoms with Crippen LogP contribution < -0.4 is 15.0 Å². The molecule has 158 valence electrons. The first-order valence-electron chi connectivity index (χ1n) is 10.6. The first-order valence-corrected chi connectivity index (χ1v) is 12.1. The second kappa shape index (κ2) is 7.59. The van der Waals surface area contributed by atoms with Gasteiger partial charge in [-0.3, -0.25) is 4.98 Å². The van der Waals surface area contributed by atoms with E-state index in [0.29, 0.717) is 35.2 Å². The van der Waals surface area contributed by atoms with Gasteiger partial charge in [-0.05, 0) is 31.2 Å². The molecule has 7 nitrogen and oxygen atoms in total. The maximum absolute atomic E-state index is 13.7. The Bertz CT molecular complexity index is 1180. The predicted molar refractivity (Wildman–Crippen MR) is 116 cm³/mol. The zero-order chi connectivity index (χ0) is 20.7. The third-order valence-electron chi connectivity index (χ3n) is 6.19. The molecule has 0 radical (unpaired) electrons. The predicted octanol–water partition coefficient (Wildman–Crippen LogP) is 1.76. The van der Waals surface area contributed by atoms with Crippen molar-refractivity contribution in [2.24, 2.45) is 0 Å². The summed E-state index contributed by atoms with van der Waals surface area (Å²) < 4.78 is 34.4. The fourth-order valence-corrected chi connectivity index (χ4v) is 6.31. The van der Waals surface area contributed by atoms with Crippen molar-refractivity contribution in [2.45, 2.75) is 37.1 Å². The number of quaternary nitrogens is 1. The normalized spacial score (nSPS) is 17.3. The molecule has 2 aliphatic heterocycles. The van der Waals surface area contributed by atoms with E-state index in [-0.39, 0.29) is 0 Å². The summed E-state index contributed by atoms with van der Waals surface area (Å²) in [6.45, 7) is 5.61. The molecule has 0 spiro atoms. The molecule has 0 bridgehead atoms. The van der Waals surface area contributed by atoms with Crippen molar-refractivity contribution in [3.63, 3.8) is 0 Å². The molecule has 1 saturated heterocycles. The van der Waals surface area contributed by atoms with E-state index in [1.807, 2.05) is 12.1 Å². The number of rotatable bonds is 5. The standard InChI is InChI=1S/C22H26N4O3S/c1-2-23-16-8-12-25(13-9-16)19-15-26(18-5-4-11-24-22(18)19)30(27,28)21-7-3-6-20-17(21)10-14-29-20/h3-7,11,15-16,23H,2,8-10,12-14H2,1H3/p+1. The summed E-state index contributed by atoms with van der Waals surface area (Å²) in [5.41, 5.74) is 3.02. The number of pyridine rings is 1. The summed E-state index contributed by atoms with van der Waals surface area (Å²) in [5.74, 6) is 0.667. The second-order valence-electron chi connectivity index (χ2n) is 7.99. The van der Waals surface area contributed by atoms with Gasteiger partial charge in [0.15, 0.2) is 0 Å². The lowest BCUT2D eigenvalue weighted by Crippen LogP contribution is -2.90. The minimum absolute atomic E-state index is 0.320. The van der Waals surface area contributed by atoms with Gasteiger partial charge in [0.2, 0.25) is 0 Å². The Balaban J connectivity index is 1.58. The molecule has 0 atom stereocenters. The van der Waals surface area contributed by atoms with Crippen LogP contribution in [0, 0.1) is 0 Å². The maximum Gasteiger partial charge on any atom is 0.268 e. The highest BCUT2D eigenvalue weighted by molar-refractivity contribution is 7.90. The summed E-state index contributed by atoms with van der Waals surface area (Å²) in [7, 11) is -3.76. The van der Waals surface area contributed by atoms with Crippen LogP contribution in [0.4, 0.5) is 5.69 Å². The molecule has 0 amide bonds. The molecular formula is C22H27N4O3S+. The van der Waals surface area contributed by atoms with Gasteiger partial charge in [-0.1, -0.05) is 6.07 Å².